The molecule has 1 aliphatic rings. The van der Waals surface area contributed by atoms with Crippen molar-refractivity contribution in [3.8, 4) is 0 Å². The largest absolute Gasteiger partial charge is 0.324 e. The highest BCUT2D eigenvalue weighted by molar-refractivity contribution is 7.92. The zero-order valence-electron chi connectivity index (χ0n) is 12.3. The Balaban J connectivity index is 1.93. The summed E-state index contributed by atoms with van der Waals surface area (Å²) >= 11 is 0. The maximum atomic E-state index is 12.0. The first kappa shape index (κ1) is 16.2. The van der Waals surface area contributed by atoms with Gasteiger partial charge in [-0.3, -0.25) is 0 Å². The predicted molar refractivity (Wildman–Crippen MR) is 87.0 cm³/mol. The van der Waals surface area contributed by atoms with Crippen molar-refractivity contribution in [3.05, 3.63) is 41.3 Å². The molecular formula is C16H24N2O2S. The number of hydrogen-bond donors (Lipinski definition) is 2. The van der Waals surface area contributed by atoms with E-state index in [0.29, 0.717) is 6.54 Å². The number of nitrogens with two attached hydrogens (primary N) is 1. The highest BCUT2D eigenvalue weighted by atomic mass is 32.2. The van der Waals surface area contributed by atoms with Crippen LogP contribution in [0.15, 0.2) is 35.7 Å². The van der Waals surface area contributed by atoms with Crippen LogP contribution < -0.4 is 10.5 Å². The molecule has 0 heterocycles. The van der Waals surface area contributed by atoms with Crippen molar-refractivity contribution >= 4 is 16.1 Å². The summed E-state index contributed by atoms with van der Waals surface area (Å²) in [6.07, 6.45) is 7.92. The van der Waals surface area contributed by atoms with Crippen molar-refractivity contribution in [2.45, 2.75) is 44.1 Å². The number of nitrogens with one attached hydrogen (secondary N) is 1. The van der Waals surface area contributed by atoms with Crippen LogP contribution in [0.3, 0.4) is 0 Å². The summed E-state index contributed by atoms with van der Waals surface area (Å²) in [5, 5.41) is 1.21. The van der Waals surface area contributed by atoms with Crippen LogP contribution in [0.25, 0.3) is 6.08 Å². The molecule has 3 N–H and O–H groups in total. The van der Waals surface area contributed by atoms with E-state index in [9.17, 15) is 8.42 Å². The summed E-state index contributed by atoms with van der Waals surface area (Å²) in [6.45, 7) is 0.314. The number of benzene rings is 1. The third kappa shape index (κ3) is 5.61. The number of hydrogen-bond acceptors (Lipinski definition) is 3. The van der Waals surface area contributed by atoms with E-state index < -0.39 is 15.6 Å². The van der Waals surface area contributed by atoms with Gasteiger partial charge >= 0.3 is 0 Å². The van der Waals surface area contributed by atoms with Crippen LogP contribution in [0, 0.1) is 0 Å². The minimum Gasteiger partial charge on any atom is -0.324 e. The van der Waals surface area contributed by atoms with E-state index in [1.807, 2.05) is 30.3 Å². The van der Waals surface area contributed by atoms with Gasteiger partial charge in [0.25, 0.3) is 0 Å². The fraction of sp³-hybridized carbons (Fsp3) is 0.500. The lowest BCUT2D eigenvalue weighted by Crippen LogP contribution is -2.49. The fourth-order valence-corrected chi connectivity index (χ4v) is 3.56. The maximum absolute atomic E-state index is 12.0. The summed E-state index contributed by atoms with van der Waals surface area (Å²) in [5.41, 5.74) is 6.78. The average molecular weight is 308 g/mol. The van der Waals surface area contributed by atoms with E-state index in [0.717, 1.165) is 31.2 Å². The second-order valence-electron chi connectivity index (χ2n) is 5.86. The van der Waals surface area contributed by atoms with Gasteiger partial charge in [-0.1, -0.05) is 56.0 Å². The van der Waals surface area contributed by atoms with Crippen LogP contribution in [-0.2, 0) is 10.0 Å². The van der Waals surface area contributed by atoms with Crippen LogP contribution in [-0.4, -0.2) is 20.5 Å². The molecular weight excluding hydrogens is 284 g/mol. The number of sulfonamides is 1. The molecule has 0 radical (unpaired) electrons. The van der Waals surface area contributed by atoms with Gasteiger partial charge in [0.15, 0.2) is 0 Å². The van der Waals surface area contributed by atoms with Gasteiger partial charge in [0.05, 0.1) is 0 Å². The summed E-state index contributed by atoms with van der Waals surface area (Å²) in [7, 11) is -3.44. The fourth-order valence-electron chi connectivity index (χ4n) is 2.63. The van der Waals surface area contributed by atoms with Crippen molar-refractivity contribution in [1.82, 2.24) is 4.72 Å². The Bertz CT molecular complexity index is 559. The first-order valence-corrected chi connectivity index (χ1v) is 9.06. The van der Waals surface area contributed by atoms with Crippen molar-refractivity contribution in [1.29, 1.82) is 0 Å². The monoisotopic (exact) mass is 308 g/mol. The predicted octanol–water partition coefficient (Wildman–Crippen LogP) is 2.63. The van der Waals surface area contributed by atoms with Crippen LogP contribution in [0.2, 0.25) is 0 Å². The average Bonchev–Trinajstić information content (AvgIpc) is 2.70. The van der Waals surface area contributed by atoms with Gasteiger partial charge in [-0.25, -0.2) is 13.1 Å². The second kappa shape index (κ2) is 7.20. The SMILES string of the molecule is NC1(CNS(=O)(=O)/C=C/c2ccccc2)CCCCCC1. The molecule has 116 valence electrons. The molecule has 0 atom stereocenters. The normalized spacial score (nSPS) is 19.5. The van der Waals surface area contributed by atoms with Gasteiger partial charge in [-0.15, -0.1) is 0 Å². The number of rotatable bonds is 5. The second-order valence-corrected chi connectivity index (χ2v) is 7.51. The van der Waals surface area contributed by atoms with Crippen molar-refractivity contribution < 1.29 is 8.42 Å². The van der Waals surface area contributed by atoms with E-state index in [2.05, 4.69) is 4.72 Å². The topological polar surface area (TPSA) is 72.2 Å². The molecule has 0 saturated heterocycles. The Kier molecular flexibility index (Phi) is 5.56. The summed E-state index contributed by atoms with van der Waals surface area (Å²) < 4.78 is 26.7. The molecule has 1 saturated carbocycles. The van der Waals surface area contributed by atoms with Crippen molar-refractivity contribution in [3.63, 3.8) is 0 Å². The molecule has 0 unspecified atom stereocenters. The van der Waals surface area contributed by atoms with Crippen LogP contribution in [0.5, 0.6) is 0 Å². The minimum atomic E-state index is -3.44. The van der Waals surface area contributed by atoms with Gasteiger partial charge < -0.3 is 5.73 Å². The molecule has 0 amide bonds. The molecule has 0 bridgehead atoms. The zero-order chi connectivity index (χ0) is 15.2. The third-order valence-electron chi connectivity index (χ3n) is 3.96. The van der Waals surface area contributed by atoms with Gasteiger partial charge in [-0.05, 0) is 24.5 Å². The van der Waals surface area contributed by atoms with Crippen molar-refractivity contribution in [2.24, 2.45) is 5.73 Å². The highest BCUT2D eigenvalue weighted by Gasteiger charge is 2.27. The third-order valence-corrected chi connectivity index (χ3v) is 5.01. The highest BCUT2D eigenvalue weighted by Crippen LogP contribution is 2.24. The molecule has 4 nitrogen and oxygen atoms in total. The Morgan fingerprint density at radius 2 is 1.71 bits per heavy atom. The maximum Gasteiger partial charge on any atom is 0.233 e. The summed E-state index contributed by atoms with van der Waals surface area (Å²) in [5.74, 6) is 0. The molecule has 0 aromatic heterocycles. The van der Waals surface area contributed by atoms with Crippen LogP contribution in [0.1, 0.15) is 44.1 Å². The van der Waals surface area contributed by atoms with Gasteiger partial charge in [-0.2, -0.15) is 0 Å². The smallest absolute Gasteiger partial charge is 0.233 e. The lowest BCUT2D eigenvalue weighted by atomic mass is 9.92. The molecule has 5 heteroatoms. The molecule has 2 rings (SSSR count). The minimum absolute atomic E-state index is 0.314. The Labute approximate surface area is 127 Å². The molecule has 1 aromatic carbocycles. The molecule has 21 heavy (non-hydrogen) atoms. The van der Waals surface area contributed by atoms with E-state index in [1.165, 1.54) is 18.2 Å². The van der Waals surface area contributed by atoms with E-state index in [1.54, 1.807) is 6.08 Å². The Hall–Kier alpha value is -1.17. The molecule has 1 aromatic rings. The standard InChI is InChI=1S/C16H24N2O2S/c17-16(11-6-1-2-7-12-16)14-18-21(19,20)13-10-15-8-4-3-5-9-15/h3-5,8-10,13,18H,1-2,6-7,11-12,14,17H2/b13-10+. The van der Waals surface area contributed by atoms with E-state index in [4.69, 9.17) is 5.73 Å². The molecule has 0 spiro atoms. The first-order valence-electron chi connectivity index (χ1n) is 7.51. The van der Waals surface area contributed by atoms with E-state index in [-0.39, 0.29) is 0 Å². The van der Waals surface area contributed by atoms with Crippen LogP contribution in [0.4, 0.5) is 0 Å². The lowest BCUT2D eigenvalue weighted by Gasteiger charge is -2.27. The summed E-state index contributed by atoms with van der Waals surface area (Å²) in [6, 6.07) is 9.37. The summed E-state index contributed by atoms with van der Waals surface area (Å²) in [4.78, 5) is 0. The Morgan fingerprint density at radius 1 is 1.10 bits per heavy atom. The first-order chi connectivity index (χ1) is 9.99. The van der Waals surface area contributed by atoms with Gasteiger partial charge in [0.2, 0.25) is 10.0 Å². The molecule has 1 aliphatic carbocycles. The van der Waals surface area contributed by atoms with E-state index >= 15 is 0 Å². The molecule has 1 fully saturated rings. The zero-order valence-corrected chi connectivity index (χ0v) is 13.1. The quantitative estimate of drug-likeness (QED) is 0.821. The van der Waals surface area contributed by atoms with Gasteiger partial charge in [0.1, 0.15) is 0 Å². The van der Waals surface area contributed by atoms with Crippen LogP contribution >= 0.6 is 0 Å². The van der Waals surface area contributed by atoms with Gasteiger partial charge in [0, 0.05) is 17.5 Å². The molecule has 0 aliphatic heterocycles. The Morgan fingerprint density at radius 3 is 2.33 bits per heavy atom. The van der Waals surface area contributed by atoms with Crippen molar-refractivity contribution in [2.75, 3.05) is 6.54 Å². The lowest BCUT2D eigenvalue weighted by molar-refractivity contribution is 0.369.